The standard InChI is InChI=1S/C14H14ClIN4O/c15-12-17-13(20-8-2-1-3-9-20)19-14(18-12)21-11-6-4-10(16)5-7-11/h4-7H,1-3,8-9H2. The average Bonchev–Trinajstić information content (AvgIpc) is 2.50. The highest BCUT2D eigenvalue weighted by molar-refractivity contribution is 14.1. The number of benzene rings is 1. The molecule has 1 aromatic heterocycles. The van der Waals surface area contributed by atoms with Crippen LogP contribution in [-0.2, 0) is 0 Å². The lowest BCUT2D eigenvalue weighted by Gasteiger charge is -2.26. The Kier molecular flexibility index (Phi) is 4.74. The van der Waals surface area contributed by atoms with Crippen molar-refractivity contribution >= 4 is 40.1 Å². The van der Waals surface area contributed by atoms with Gasteiger partial charge >= 0.3 is 6.01 Å². The van der Waals surface area contributed by atoms with Gasteiger partial charge in [0, 0.05) is 16.7 Å². The monoisotopic (exact) mass is 416 g/mol. The predicted octanol–water partition coefficient (Wildman–Crippen LogP) is 3.91. The van der Waals surface area contributed by atoms with Crippen molar-refractivity contribution in [3.05, 3.63) is 33.1 Å². The Balaban J connectivity index is 1.81. The summed E-state index contributed by atoms with van der Waals surface area (Å²) in [5.74, 6) is 1.28. The Morgan fingerprint density at radius 2 is 1.71 bits per heavy atom. The fourth-order valence-electron chi connectivity index (χ4n) is 2.21. The van der Waals surface area contributed by atoms with Crippen molar-refractivity contribution in [1.29, 1.82) is 0 Å². The first kappa shape index (κ1) is 14.8. The minimum absolute atomic E-state index is 0.158. The van der Waals surface area contributed by atoms with E-state index in [1.54, 1.807) is 0 Å². The van der Waals surface area contributed by atoms with Gasteiger partial charge in [-0.2, -0.15) is 15.0 Å². The van der Waals surface area contributed by atoms with Gasteiger partial charge in [-0.05, 0) is 77.7 Å². The van der Waals surface area contributed by atoms with Gasteiger partial charge in [0.25, 0.3) is 0 Å². The van der Waals surface area contributed by atoms with Gasteiger partial charge in [-0.15, -0.1) is 0 Å². The molecule has 0 radical (unpaired) electrons. The molecular weight excluding hydrogens is 403 g/mol. The highest BCUT2D eigenvalue weighted by atomic mass is 127. The van der Waals surface area contributed by atoms with E-state index in [4.69, 9.17) is 16.3 Å². The number of ether oxygens (including phenoxy) is 1. The fourth-order valence-corrected chi connectivity index (χ4v) is 2.72. The van der Waals surface area contributed by atoms with Gasteiger partial charge in [-0.25, -0.2) is 0 Å². The molecule has 0 N–H and O–H groups in total. The Hall–Kier alpha value is -1.15. The van der Waals surface area contributed by atoms with E-state index in [1.165, 1.54) is 6.42 Å². The van der Waals surface area contributed by atoms with Crippen LogP contribution in [0.4, 0.5) is 5.95 Å². The molecule has 1 saturated heterocycles. The molecule has 0 atom stereocenters. The highest BCUT2D eigenvalue weighted by Gasteiger charge is 2.16. The van der Waals surface area contributed by atoms with E-state index in [0.717, 1.165) is 29.5 Å². The molecule has 0 bridgehead atoms. The van der Waals surface area contributed by atoms with E-state index in [0.29, 0.717) is 11.7 Å². The first-order valence-corrected chi connectivity index (χ1v) is 8.26. The van der Waals surface area contributed by atoms with E-state index in [1.807, 2.05) is 24.3 Å². The van der Waals surface area contributed by atoms with Crippen LogP contribution in [0.1, 0.15) is 19.3 Å². The van der Waals surface area contributed by atoms with Gasteiger partial charge in [0.05, 0.1) is 0 Å². The summed E-state index contributed by atoms with van der Waals surface area (Å²) in [4.78, 5) is 14.7. The lowest BCUT2D eigenvalue weighted by atomic mass is 10.1. The summed E-state index contributed by atoms with van der Waals surface area (Å²) in [5.41, 5.74) is 0. The number of nitrogens with zero attached hydrogens (tertiary/aromatic N) is 4. The van der Waals surface area contributed by atoms with Gasteiger partial charge in [0.2, 0.25) is 11.2 Å². The Labute approximate surface area is 141 Å². The molecule has 0 aliphatic carbocycles. The molecule has 1 aliphatic rings. The SMILES string of the molecule is Clc1nc(Oc2ccc(I)cc2)nc(N2CCCCC2)n1. The topological polar surface area (TPSA) is 51.1 Å². The van der Waals surface area contributed by atoms with Crippen molar-refractivity contribution in [1.82, 2.24) is 15.0 Å². The van der Waals surface area contributed by atoms with Crippen LogP contribution in [0.2, 0.25) is 5.28 Å². The largest absolute Gasteiger partial charge is 0.424 e. The quantitative estimate of drug-likeness (QED) is 0.710. The molecule has 110 valence electrons. The van der Waals surface area contributed by atoms with Crippen molar-refractivity contribution in [2.45, 2.75) is 19.3 Å². The Bertz CT molecular complexity index is 617. The second-order valence-electron chi connectivity index (χ2n) is 4.79. The molecule has 1 aromatic carbocycles. The molecule has 2 heterocycles. The highest BCUT2D eigenvalue weighted by Crippen LogP contribution is 2.23. The molecule has 2 aromatic rings. The number of rotatable bonds is 3. The number of aromatic nitrogens is 3. The van der Waals surface area contributed by atoms with Gasteiger partial charge in [0.15, 0.2) is 0 Å². The smallest absolute Gasteiger partial charge is 0.328 e. The molecule has 21 heavy (non-hydrogen) atoms. The summed E-state index contributed by atoms with van der Waals surface area (Å²) < 4.78 is 6.81. The minimum atomic E-state index is 0.158. The third-order valence-corrected chi connectivity index (χ3v) is 4.13. The lowest BCUT2D eigenvalue weighted by molar-refractivity contribution is 0.437. The van der Waals surface area contributed by atoms with E-state index >= 15 is 0 Å². The first-order chi connectivity index (χ1) is 10.2. The van der Waals surface area contributed by atoms with Crippen LogP contribution in [0.15, 0.2) is 24.3 Å². The summed E-state index contributed by atoms with van der Waals surface area (Å²) >= 11 is 8.23. The van der Waals surface area contributed by atoms with Crippen molar-refractivity contribution in [3.63, 3.8) is 0 Å². The summed E-state index contributed by atoms with van der Waals surface area (Å²) in [6.07, 6.45) is 3.55. The van der Waals surface area contributed by atoms with Crippen LogP contribution >= 0.6 is 34.2 Å². The molecule has 0 amide bonds. The number of piperidine rings is 1. The molecule has 0 unspecified atom stereocenters. The van der Waals surface area contributed by atoms with Crippen LogP contribution in [0.3, 0.4) is 0 Å². The van der Waals surface area contributed by atoms with Crippen molar-refractivity contribution in [2.75, 3.05) is 18.0 Å². The third-order valence-electron chi connectivity index (χ3n) is 3.24. The second kappa shape index (κ2) is 6.74. The zero-order valence-electron chi connectivity index (χ0n) is 11.3. The molecule has 5 nitrogen and oxygen atoms in total. The molecule has 1 fully saturated rings. The molecule has 0 saturated carbocycles. The molecule has 7 heteroatoms. The number of hydrogen-bond donors (Lipinski definition) is 0. The van der Waals surface area contributed by atoms with E-state index in [2.05, 4.69) is 42.4 Å². The molecule has 1 aliphatic heterocycles. The number of halogens is 2. The lowest BCUT2D eigenvalue weighted by Crippen LogP contribution is -2.31. The van der Waals surface area contributed by atoms with Gasteiger partial charge < -0.3 is 9.64 Å². The predicted molar refractivity (Wildman–Crippen MR) is 90.1 cm³/mol. The maximum Gasteiger partial charge on any atom is 0.328 e. The van der Waals surface area contributed by atoms with E-state index in [-0.39, 0.29) is 11.3 Å². The normalized spacial score (nSPS) is 15.0. The van der Waals surface area contributed by atoms with Gasteiger partial charge in [-0.3, -0.25) is 0 Å². The van der Waals surface area contributed by atoms with Crippen molar-refractivity contribution in [3.8, 4) is 11.8 Å². The van der Waals surface area contributed by atoms with Crippen LogP contribution in [0.5, 0.6) is 11.8 Å². The first-order valence-electron chi connectivity index (χ1n) is 6.81. The maximum absolute atomic E-state index is 5.99. The summed E-state index contributed by atoms with van der Waals surface area (Å²) in [7, 11) is 0. The number of anilines is 1. The molecular formula is C14H14ClIN4O. The van der Waals surface area contributed by atoms with Crippen LogP contribution in [0, 0.1) is 3.57 Å². The average molecular weight is 417 g/mol. The van der Waals surface area contributed by atoms with Gasteiger partial charge in [-0.1, -0.05) is 0 Å². The van der Waals surface area contributed by atoms with Crippen molar-refractivity contribution < 1.29 is 4.74 Å². The van der Waals surface area contributed by atoms with E-state index < -0.39 is 0 Å². The van der Waals surface area contributed by atoms with E-state index in [9.17, 15) is 0 Å². The fraction of sp³-hybridized carbons (Fsp3) is 0.357. The maximum atomic E-state index is 5.99. The van der Waals surface area contributed by atoms with Crippen LogP contribution < -0.4 is 9.64 Å². The molecule has 0 spiro atoms. The summed E-state index contributed by atoms with van der Waals surface area (Å²) in [5, 5.41) is 0.158. The summed E-state index contributed by atoms with van der Waals surface area (Å²) in [6, 6.07) is 7.91. The minimum Gasteiger partial charge on any atom is -0.424 e. The number of hydrogen-bond acceptors (Lipinski definition) is 5. The van der Waals surface area contributed by atoms with Gasteiger partial charge in [0.1, 0.15) is 5.75 Å². The Morgan fingerprint density at radius 3 is 2.43 bits per heavy atom. The molecule has 3 rings (SSSR count). The van der Waals surface area contributed by atoms with Crippen LogP contribution in [-0.4, -0.2) is 28.0 Å². The third kappa shape index (κ3) is 3.94. The zero-order chi connectivity index (χ0) is 14.7. The van der Waals surface area contributed by atoms with Crippen LogP contribution in [0.25, 0.3) is 0 Å². The zero-order valence-corrected chi connectivity index (χ0v) is 14.2. The second-order valence-corrected chi connectivity index (χ2v) is 6.37. The Morgan fingerprint density at radius 1 is 1.00 bits per heavy atom. The summed E-state index contributed by atoms with van der Waals surface area (Å²) in [6.45, 7) is 1.90. The van der Waals surface area contributed by atoms with Crippen molar-refractivity contribution in [2.24, 2.45) is 0 Å².